The van der Waals surface area contributed by atoms with Gasteiger partial charge in [0.1, 0.15) is 18.2 Å². The predicted octanol–water partition coefficient (Wildman–Crippen LogP) is 5.15. The summed E-state index contributed by atoms with van der Waals surface area (Å²) in [6, 6.07) is 15.5. The first-order valence-electron chi connectivity index (χ1n) is 22.9. The van der Waals surface area contributed by atoms with Crippen molar-refractivity contribution in [3.05, 3.63) is 71.3 Å². The normalized spacial score (nSPS) is 23.0. The smallest absolute Gasteiger partial charge is 0.272 e. The van der Waals surface area contributed by atoms with E-state index in [1.165, 1.54) is 5.06 Å². The zero-order valence-electron chi connectivity index (χ0n) is 39.8. The molecule has 2 fully saturated rings. The second kappa shape index (κ2) is 21.5. The van der Waals surface area contributed by atoms with E-state index in [1.807, 2.05) is 115 Å². The molecule has 1 saturated carbocycles. The number of likely N-dealkylation sites (N-methyl/N-ethyl adjacent to an activating group) is 2. The van der Waals surface area contributed by atoms with Crippen molar-refractivity contribution in [1.29, 1.82) is 0 Å². The van der Waals surface area contributed by atoms with Crippen molar-refractivity contribution in [2.75, 3.05) is 41.9 Å². The number of likely N-dealkylation sites (tertiary alicyclic amines) is 1. The Bertz CT molecular complexity index is 1890. The molecule has 2 heterocycles. The van der Waals surface area contributed by atoms with Crippen LogP contribution < -0.4 is 10.6 Å². The van der Waals surface area contributed by atoms with Crippen LogP contribution in [0.25, 0.3) is 0 Å². The van der Waals surface area contributed by atoms with Crippen molar-refractivity contribution >= 4 is 29.5 Å². The number of rotatable bonds is 20. The van der Waals surface area contributed by atoms with Crippen LogP contribution in [0.4, 0.5) is 0 Å². The lowest BCUT2D eigenvalue weighted by atomic mass is 9.89. The number of amides is 5. The Morgan fingerprint density at radius 1 is 0.873 bits per heavy atom. The van der Waals surface area contributed by atoms with Gasteiger partial charge in [0, 0.05) is 33.7 Å². The van der Waals surface area contributed by atoms with Gasteiger partial charge < -0.3 is 29.9 Å². The van der Waals surface area contributed by atoms with E-state index in [1.54, 1.807) is 38.0 Å². The van der Waals surface area contributed by atoms with Crippen molar-refractivity contribution in [1.82, 2.24) is 30.4 Å². The Balaban J connectivity index is 1.32. The number of hydrogen-bond acceptors (Lipinski definition) is 9. The van der Waals surface area contributed by atoms with Gasteiger partial charge >= 0.3 is 0 Å². The van der Waals surface area contributed by atoms with E-state index < -0.39 is 47.8 Å². The largest absolute Gasteiger partial charge is 0.379 e. The molecule has 63 heavy (non-hydrogen) atoms. The van der Waals surface area contributed by atoms with E-state index in [-0.39, 0.29) is 72.8 Å². The van der Waals surface area contributed by atoms with Crippen molar-refractivity contribution in [2.45, 2.75) is 142 Å². The number of ether oxygens (including phenoxy) is 2. The third-order valence-corrected chi connectivity index (χ3v) is 13.9. The summed E-state index contributed by atoms with van der Waals surface area (Å²) in [5, 5.41) is 7.62. The summed E-state index contributed by atoms with van der Waals surface area (Å²) in [4.78, 5) is 82.6. The number of fused-ring (bicyclic) bond motifs is 1. The minimum atomic E-state index is -1.21. The molecule has 0 spiro atoms. The topological polar surface area (TPSA) is 150 Å². The highest BCUT2D eigenvalue weighted by Gasteiger charge is 2.64. The summed E-state index contributed by atoms with van der Waals surface area (Å²) in [5.74, 6) is -2.41. The number of benzene rings is 2. The Labute approximate surface area is 375 Å². The lowest BCUT2D eigenvalue weighted by Gasteiger charge is -2.41. The van der Waals surface area contributed by atoms with Gasteiger partial charge in [-0.15, -0.1) is 0 Å². The van der Waals surface area contributed by atoms with Crippen LogP contribution in [-0.4, -0.2) is 133 Å². The number of nitrogens with one attached hydrogen (secondary N) is 2. The van der Waals surface area contributed by atoms with Crippen molar-refractivity contribution in [3.8, 4) is 0 Å². The molecule has 2 aromatic rings. The van der Waals surface area contributed by atoms with Crippen LogP contribution in [-0.2, 0) is 51.4 Å². The standard InChI is InChI=1S/C49H74N6O8/c1-13-32(6)43(53(10)47(59)41(30(2)3)50-46(58)42(31(4)5)52(8)9)39(61-11)26-40(56)54-25-19-24-38(54)44(62-12)33(7)45(57)51-49(27-37(49)34-20-15-14-16-21-34)48(60)55-28-35-22-17-18-23-36(35)29-63-55/h14-18,20-23,30-33,37-39,41-44H,13,19,24-29H2,1-12H3,(H,50,58)(H,51,57)/t32-,33+,37+,38-,39+,41-,42-,43-,44+,49?/m0/s1. The third kappa shape index (κ3) is 10.9. The van der Waals surface area contributed by atoms with Gasteiger partial charge in [-0.1, -0.05) is 109 Å². The fourth-order valence-corrected chi connectivity index (χ4v) is 10.1. The zero-order chi connectivity index (χ0) is 46.3. The summed E-state index contributed by atoms with van der Waals surface area (Å²) in [5.41, 5.74) is 1.78. The highest BCUT2D eigenvalue weighted by Crippen LogP contribution is 2.53. The molecule has 2 aromatic carbocycles. The third-order valence-electron chi connectivity index (χ3n) is 13.9. The van der Waals surface area contributed by atoms with Crippen molar-refractivity contribution < 1.29 is 38.3 Å². The second-order valence-electron chi connectivity index (χ2n) is 19.0. The maximum atomic E-state index is 14.5. The van der Waals surface area contributed by atoms with E-state index in [9.17, 15) is 24.0 Å². The number of carbonyl (C=O) groups is 5. The Kier molecular flexibility index (Phi) is 17.0. The highest BCUT2D eigenvalue weighted by atomic mass is 16.7. The number of carbonyl (C=O) groups excluding carboxylic acids is 5. The molecule has 1 unspecified atom stereocenters. The first-order chi connectivity index (χ1) is 29.9. The van der Waals surface area contributed by atoms with Crippen LogP contribution in [0.3, 0.4) is 0 Å². The Hall–Kier alpha value is -4.37. The number of nitrogens with zero attached hydrogens (tertiary/aromatic N) is 4. The number of hydrogen-bond donors (Lipinski definition) is 2. The van der Waals surface area contributed by atoms with Crippen LogP contribution >= 0.6 is 0 Å². The molecule has 1 aliphatic carbocycles. The molecular weight excluding hydrogens is 801 g/mol. The van der Waals surface area contributed by atoms with Gasteiger partial charge in [-0.05, 0) is 67.8 Å². The van der Waals surface area contributed by atoms with Crippen molar-refractivity contribution in [3.63, 3.8) is 0 Å². The molecule has 2 aliphatic heterocycles. The lowest BCUT2D eigenvalue weighted by Crippen LogP contribution is -2.59. The molecule has 348 valence electrons. The quantitative estimate of drug-likeness (QED) is 0.184. The number of hydroxylamine groups is 2. The minimum Gasteiger partial charge on any atom is -0.379 e. The molecule has 3 aliphatic rings. The summed E-state index contributed by atoms with van der Waals surface area (Å²) in [6.07, 6.45) is 1.18. The van der Waals surface area contributed by atoms with E-state index >= 15 is 0 Å². The van der Waals surface area contributed by atoms with E-state index in [0.717, 1.165) is 29.5 Å². The molecule has 1 saturated heterocycles. The fraction of sp³-hybridized carbons (Fsp3) is 0.653. The van der Waals surface area contributed by atoms with Crippen molar-refractivity contribution in [2.24, 2.45) is 23.7 Å². The second-order valence-corrected chi connectivity index (χ2v) is 19.0. The van der Waals surface area contributed by atoms with Gasteiger partial charge in [-0.2, -0.15) is 0 Å². The molecule has 10 atom stereocenters. The van der Waals surface area contributed by atoms with Crippen LogP contribution in [0.15, 0.2) is 54.6 Å². The predicted molar refractivity (Wildman–Crippen MR) is 242 cm³/mol. The van der Waals surface area contributed by atoms with Gasteiger partial charge in [-0.3, -0.25) is 33.7 Å². The molecule has 0 bridgehead atoms. The monoisotopic (exact) mass is 875 g/mol. The molecule has 5 amide bonds. The van der Waals surface area contributed by atoms with Gasteiger partial charge in [0.2, 0.25) is 23.6 Å². The molecule has 0 radical (unpaired) electrons. The zero-order valence-corrected chi connectivity index (χ0v) is 39.8. The molecule has 0 aromatic heterocycles. The summed E-state index contributed by atoms with van der Waals surface area (Å²) < 4.78 is 12.2. The van der Waals surface area contributed by atoms with Crippen LogP contribution in [0.5, 0.6) is 0 Å². The van der Waals surface area contributed by atoms with Gasteiger partial charge in [0.15, 0.2) is 0 Å². The number of methoxy groups -OCH3 is 2. The average molecular weight is 875 g/mol. The first-order valence-corrected chi connectivity index (χ1v) is 22.9. The van der Waals surface area contributed by atoms with E-state index in [4.69, 9.17) is 14.3 Å². The minimum absolute atomic E-state index is 0.000722. The summed E-state index contributed by atoms with van der Waals surface area (Å²) >= 11 is 0. The van der Waals surface area contributed by atoms with E-state index in [2.05, 4.69) is 10.6 Å². The Morgan fingerprint density at radius 3 is 2.11 bits per heavy atom. The highest BCUT2D eigenvalue weighted by molar-refractivity contribution is 5.96. The molecule has 2 N–H and O–H groups in total. The van der Waals surface area contributed by atoms with Gasteiger partial charge in [0.05, 0.1) is 49.2 Å². The van der Waals surface area contributed by atoms with Gasteiger partial charge in [0.25, 0.3) is 5.91 Å². The average Bonchev–Trinajstić information content (AvgIpc) is 3.79. The van der Waals surface area contributed by atoms with Crippen LogP contribution in [0.2, 0.25) is 0 Å². The van der Waals surface area contributed by atoms with Crippen LogP contribution in [0.1, 0.15) is 103 Å². The maximum Gasteiger partial charge on any atom is 0.272 e. The summed E-state index contributed by atoms with van der Waals surface area (Å²) in [6.45, 7) is 14.7. The lowest BCUT2D eigenvalue weighted by molar-refractivity contribution is -0.204. The SMILES string of the molecule is CC[C@H](C)[C@@H]([C@@H](CC(=O)N1CCC[C@H]1[C@H](OC)[C@@H](C)C(=O)NC1(C(=O)N2Cc3ccccc3CO2)C[C@@H]1c1ccccc1)OC)N(C)C(=O)[C@@H](NC(=O)[C@H](C(C)C)N(C)C)C(C)C. The molecular formula is C49H74N6O8. The summed E-state index contributed by atoms with van der Waals surface area (Å²) in [7, 11) is 8.57. The van der Waals surface area contributed by atoms with Crippen LogP contribution in [0, 0.1) is 23.7 Å². The molecule has 14 heteroatoms. The first kappa shape index (κ1) is 49.6. The molecule has 5 rings (SSSR count). The Morgan fingerprint density at radius 2 is 1.52 bits per heavy atom. The fourth-order valence-electron chi connectivity index (χ4n) is 10.1. The van der Waals surface area contributed by atoms with Gasteiger partial charge in [-0.25, -0.2) is 5.06 Å². The van der Waals surface area contributed by atoms with E-state index in [0.29, 0.717) is 19.4 Å². The molecule has 14 nitrogen and oxygen atoms in total. The maximum absolute atomic E-state index is 14.5.